The second-order valence-electron chi connectivity index (χ2n) is 5.50. The number of rotatable bonds is 2. The Kier molecular flexibility index (Phi) is 3.81. The summed E-state index contributed by atoms with van der Waals surface area (Å²) in [5, 5.41) is 19.4. The highest BCUT2D eigenvalue weighted by Crippen LogP contribution is 2.38. The van der Waals surface area contributed by atoms with Crippen molar-refractivity contribution >= 4 is 17.0 Å². The normalized spacial score (nSPS) is 29.6. The minimum absolute atomic E-state index is 0.0998. The number of aliphatic hydroxyl groups excluding tert-OH is 2. The van der Waals surface area contributed by atoms with Crippen LogP contribution in [0.4, 0.5) is 10.3 Å². The zero-order valence-electron chi connectivity index (χ0n) is 12.7. The molecule has 2 aromatic heterocycles. The molecule has 0 radical (unpaired) electrons. The van der Waals surface area contributed by atoms with E-state index in [-0.39, 0.29) is 17.0 Å². The summed E-state index contributed by atoms with van der Waals surface area (Å²) in [6.07, 6.45) is -2.57. The highest BCUT2D eigenvalue weighted by atomic mass is 19.1. The first-order valence-electron chi connectivity index (χ1n) is 7.06. The third kappa shape index (κ3) is 2.18. The summed E-state index contributed by atoms with van der Waals surface area (Å²) in [6.45, 7) is 1.000. The minimum Gasteiger partial charge on any atom is -0.394 e. The van der Waals surface area contributed by atoms with Crippen LogP contribution in [0.5, 0.6) is 0 Å². The van der Waals surface area contributed by atoms with Gasteiger partial charge in [-0.3, -0.25) is 14.3 Å². The molecular weight excluding hydrogens is 321 g/mol. The number of ether oxygens (including phenoxy) is 1. The zero-order chi connectivity index (χ0) is 17.6. The van der Waals surface area contributed by atoms with Gasteiger partial charge in [0.25, 0.3) is 5.56 Å². The lowest BCUT2D eigenvalue weighted by Gasteiger charge is -2.28. The van der Waals surface area contributed by atoms with Crippen LogP contribution in [0.2, 0.25) is 0 Å². The molecule has 0 amide bonds. The van der Waals surface area contributed by atoms with Gasteiger partial charge in [0.05, 0.1) is 6.61 Å². The van der Waals surface area contributed by atoms with E-state index in [1.54, 1.807) is 0 Å². The maximum Gasteiger partial charge on any atom is 0.264 e. The maximum atomic E-state index is 14.2. The average molecular weight is 337 g/mol. The molecule has 0 aromatic carbocycles. The van der Waals surface area contributed by atoms with Crippen LogP contribution in [-0.4, -0.2) is 49.1 Å². The summed E-state index contributed by atoms with van der Waals surface area (Å²) in [6, 6.07) is 0. The molecule has 1 fully saturated rings. The molecule has 0 bridgehead atoms. The number of nitrogens with zero attached hydrogens (tertiary/aromatic N) is 2. The first-order valence-corrected chi connectivity index (χ1v) is 7.06. The number of fused-ring (bicyclic) bond motifs is 1. The second kappa shape index (κ2) is 5.57. The third-order valence-electron chi connectivity index (χ3n) is 3.98. The summed E-state index contributed by atoms with van der Waals surface area (Å²) in [4.78, 5) is 18.0. The topological polar surface area (TPSA) is 152 Å². The molecule has 3 rings (SSSR count). The van der Waals surface area contributed by atoms with Crippen molar-refractivity contribution in [1.82, 2.24) is 14.5 Å². The van der Waals surface area contributed by atoms with E-state index in [0.29, 0.717) is 0 Å². The SMILES string of the molecule is CC#C[C@@]1(N)C(O)[C@@H](CO)O[C@H]1n1cc(F)c2c(=O)[nH]c(N)nc21. The number of aromatic amines is 1. The van der Waals surface area contributed by atoms with Gasteiger partial charge in [-0.2, -0.15) is 4.98 Å². The van der Waals surface area contributed by atoms with Crippen molar-refractivity contribution in [1.29, 1.82) is 0 Å². The van der Waals surface area contributed by atoms with E-state index in [1.807, 2.05) is 0 Å². The molecule has 3 heterocycles. The van der Waals surface area contributed by atoms with Crippen molar-refractivity contribution in [3.63, 3.8) is 0 Å². The second-order valence-corrected chi connectivity index (χ2v) is 5.50. The number of nitrogens with one attached hydrogen (secondary N) is 1. The summed E-state index contributed by atoms with van der Waals surface area (Å²) >= 11 is 0. The Hall–Kier alpha value is -2.45. The van der Waals surface area contributed by atoms with Crippen LogP contribution in [0.3, 0.4) is 0 Å². The Bertz CT molecular complexity index is 913. The van der Waals surface area contributed by atoms with E-state index in [0.717, 1.165) is 10.8 Å². The molecule has 0 aliphatic carbocycles. The van der Waals surface area contributed by atoms with Crippen molar-refractivity contribution < 1.29 is 19.3 Å². The fourth-order valence-electron chi connectivity index (χ4n) is 2.90. The van der Waals surface area contributed by atoms with Crippen molar-refractivity contribution in [3.8, 4) is 11.8 Å². The lowest BCUT2D eigenvalue weighted by molar-refractivity contribution is -0.0446. The van der Waals surface area contributed by atoms with E-state index >= 15 is 0 Å². The Morgan fingerprint density at radius 1 is 1.62 bits per heavy atom. The summed E-state index contributed by atoms with van der Waals surface area (Å²) < 4.78 is 20.9. The van der Waals surface area contributed by atoms with Crippen molar-refractivity contribution in [2.75, 3.05) is 12.3 Å². The highest BCUT2D eigenvalue weighted by molar-refractivity contribution is 5.77. The van der Waals surface area contributed by atoms with Gasteiger partial charge < -0.3 is 26.4 Å². The van der Waals surface area contributed by atoms with Gasteiger partial charge in [0, 0.05) is 6.20 Å². The van der Waals surface area contributed by atoms with Crippen molar-refractivity contribution in [2.24, 2.45) is 5.73 Å². The van der Waals surface area contributed by atoms with Gasteiger partial charge in [-0.05, 0) is 6.92 Å². The van der Waals surface area contributed by atoms with Gasteiger partial charge in [-0.15, -0.1) is 5.92 Å². The molecule has 10 heteroatoms. The maximum absolute atomic E-state index is 14.2. The van der Waals surface area contributed by atoms with Crippen molar-refractivity contribution in [2.45, 2.75) is 30.9 Å². The van der Waals surface area contributed by atoms with Gasteiger partial charge in [0.15, 0.2) is 23.2 Å². The number of nitrogen functional groups attached to an aromatic ring is 1. The predicted molar refractivity (Wildman–Crippen MR) is 82.1 cm³/mol. The number of H-pyrrole nitrogens is 1. The molecule has 2 aromatic rings. The molecule has 9 nitrogen and oxygen atoms in total. The van der Waals surface area contributed by atoms with E-state index in [4.69, 9.17) is 16.2 Å². The first kappa shape index (κ1) is 16.4. The van der Waals surface area contributed by atoms with E-state index < -0.39 is 42.0 Å². The number of aliphatic hydroxyl groups is 2. The van der Waals surface area contributed by atoms with E-state index in [1.165, 1.54) is 6.92 Å². The predicted octanol–water partition coefficient (Wildman–Crippen LogP) is -1.58. The lowest BCUT2D eigenvalue weighted by Crippen LogP contribution is -2.53. The quantitative estimate of drug-likeness (QED) is 0.414. The average Bonchev–Trinajstić information content (AvgIpc) is 2.96. The van der Waals surface area contributed by atoms with Crippen LogP contribution in [0.1, 0.15) is 13.2 Å². The highest BCUT2D eigenvalue weighted by Gasteiger charge is 2.54. The summed E-state index contributed by atoms with van der Waals surface area (Å²) in [7, 11) is 0. The largest absolute Gasteiger partial charge is 0.394 e. The number of aromatic nitrogens is 3. The van der Waals surface area contributed by atoms with Gasteiger partial charge in [0.1, 0.15) is 17.6 Å². The van der Waals surface area contributed by atoms with E-state index in [9.17, 15) is 19.4 Å². The number of hydrogen-bond acceptors (Lipinski definition) is 7. The van der Waals surface area contributed by atoms with Crippen molar-refractivity contribution in [3.05, 3.63) is 22.4 Å². The first-order chi connectivity index (χ1) is 11.3. The van der Waals surface area contributed by atoms with Crippen LogP contribution >= 0.6 is 0 Å². The number of anilines is 1. The Balaban J connectivity index is 2.26. The zero-order valence-corrected chi connectivity index (χ0v) is 12.7. The summed E-state index contributed by atoms with van der Waals surface area (Å²) in [5.41, 5.74) is 9.21. The van der Waals surface area contributed by atoms with Crippen LogP contribution in [0.15, 0.2) is 11.0 Å². The number of hydrogen-bond donors (Lipinski definition) is 5. The summed E-state index contributed by atoms with van der Waals surface area (Å²) in [5.74, 6) is 4.16. The van der Waals surface area contributed by atoms with Gasteiger partial charge in [-0.1, -0.05) is 5.92 Å². The molecule has 0 spiro atoms. The Morgan fingerprint density at radius 2 is 2.33 bits per heavy atom. The molecule has 4 atom stereocenters. The molecule has 7 N–H and O–H groups in total. The monoisotopic (exact) mass is 337 g/mol. The fourth-order valence-corrected chi connectivity index (χ4v) is 2.90. The Morgan fingerprint density at radius 3 is 2.96 bits per heavy atom. The number of halogens is 1. The third-order valence-corrected chi connectivity index (χ3v) is 3.98. The van der Waals surface area contributed by atoms with Gasteiger partial charge in [-0.25, -0.2) is 4.39 Å². The molecule has 1 aliphatic heterocycles. The van der Waals surface area contributed by atoms with Crippen LogP contribution in [0, 0.1) is 17.7 Å². The minimum atomic E-state index is -1.64. The van der Waals surface area contributed by atoms with Crippen LogP contribution in [0.25, 0.3) is 11.0 Å². The molecule has 128 valence electrons. The molecule has 1 aliphatic rings. The van der Waals surface area contributed by atoms with Gasteiger partial charge in [0.2, 0.25) is 5.95 Å². The number of nitrogens with two attached hydrogens (primary N) is 2. The molecule has 1 saturated heterocycles. The smallest absolute Gasteiger partial charge is 0.264 e. The van der Waals surface area contributed by atoms with Gasteiger partial charge >= 0.3 is 0 Å². The van der Waals surface area contributed by atoms with E-state index in [2.05, 4.69) is 21.8 Å². The fraction of sp³-hybridized carbons (Fsp3) is 0.429. The Labute approximate surface area is 135 Å². The molecular formula is C14H16FN5O4. The standard InChI is InChI=1S/C14H16FN5O4/c1-2-3-14(17)9(22)7(5-21)24-12(14)20-4-6(15)8-10(20)18-13(16)19-11(8)23/h4,7,9,12,21-22H,5,17H2,1H3,(H3,16,18,19,23)/t7-,9?,12-,14-/m1/s1. The molecule has 24 heavy (non-hydrogen) atoms. The molecule has 0 saturated carbocycles. The molecule has 1 unspecified atom stereocenters. The van der Waals surface area contributed by atoms with Crippen LogP contribution < -0.4 is 17.0 Å². The van der Waals surface area contributed by atoms with Crippen LogP contribution in [-0.2, 0) is 4.74 Å². The lowest BCUT2D eigenvalue weighted by atomic mass is 9.91.